The van der Waals surface area contributed by atoms with Crippen molar-refractivity contribution in [1.82, 2.24) is 4.90 Å². The molecule has 1 aliphatic heterocycles. The Hall–Kier alpha value is -3.10. The highest BCUT2D eigenvalue weighted by molar-refractivity contribution is 6.05. The molecule has 0 unspecified atom stereocenters. The first-order valence-electron chi connectivity index (χ1n) is 8.77. The van der Waals surface area contributed by atoms with E-state index in [9.17, 15) is 28.0 Å². The van der Waals surface area contributed by atoms with Gasteiger partial charge < -0.3 is 10.1 Å². The van der Waals surface area contributed by atoms with Crippen molar-refractivity contribution in [2.24, 2.45) is 11.8 Å². The predicted molar refractivity (Wildman–Crippen MR) is 92.6 cm³/mol. The van der Waals surface area contributed by atoms with Crippen LogP contribution in [0.5, 0.6) is 0 Å². The number of hydrogen-bond acceptors (Lipinski definition) is 5. The van der Waals surface area contributed by atoms with E-state index in [2.05, 4.69) is 5.32 Å². The summed E-state index contributed by atoms with van der Waals surface area (Å²) in [5.41, 5.74) is 0.0180. The van der Waals surface area contributed by atoms with Crippen molar-refractivity contribution in [1.29, 1.82) is 0 Å². The predicted octanol–water partition coefficient (Wildman–Crippen LogP) is 1.79. The number of carbonyl (C=O) groups is 4. The molecule has 0 spiro atoms. The van der Waals surface area contributed by atoms with Crippen LogP contribution in [0.1, 0.15) is 19.3 Å². The summed E-state index contributed by atoms with van der Waals surface area (Å²) >= 11 is 0. The van der Waals surface area contributed by atoms with Gasteiger partial charge >= 0.3 is 5.97 Å². The molecular formula is C19H18F2N2O5. The number of hydrogen-bond donors (Lipinski definition) is 1. The van der Waals surface area contributed by atoms with Crippen molar-refractivity contribution in [3.63, 3.8) is 0 Å². The van der Waals surface area contributed by atoms with Crippen molar-refractivity contribution in [3.8, 4) is 0 Å². The van der Waals surface area contributed by atoms with Gasteiger partial charge in [0.25, 0.3) is 5.91 Å². The third-order valence-electron chi connectivity index (χ3n) is 4.71. The molecule has 0 bridgehead atoms. The quantitative estimate of drug-likeness (QED) is 0.453. The number of halogens is 2. The number of ether oxygens (including phenoxy) is 1. The summed E-state index contributed by atoms with van der Waals surface area (Å²) in [6.07, 6.45) is 4.54. The van der Waals surface area contributed by atoms with Crippen molar-refractivity contribution in [3.05, 3.63) is 42.0 Å². The fourth-order valence-corrected chi connectivity index (χ4v) is 3.28. The smallest absolute Gasteiger partial charge is 0.308 e. The summed E-state index contributed by atoms with van der Waals surface area (Å²) in [5.74, 6) is -4.97. The molecule has 148 valence electrons. The van der Waals surface area contributed by atoms with Crippen LogP contribution < -0.4 is 5.32 Å². The van der Waals surface area contributed by atoms with Crippen LogP contribution in [-0.2, 0) is 23.9 Å². The lowest BCUT2D eigenvalue weighted by molar-refractivity contribution is -0.148. The highest BCUT2D eigenvalue weighted by Crippen LogP contribution is 2.34. The Morgan fingerprint density at radius 1 is 1.07 bits per heavy atom. The first kappa shape index (κ1) is 19.7. The molecule has 1 heterocycles. The van der Waals surface area contributed by atoms with Gasteiger partial charge in [0.2, 0.25) is 11.8 Å². The molecule has 3 amide bonds. The Bertz CT molecular complexity index is 829. The number of nitrogens with one attached hydrogen (secondary N) is 1. The third kappa shape index (κ3) is 4.24. The highest BCUT2D eigenvalue weighted by Gasteiger charge is 2.46. The SMILES string of the molecule is O=C(COC(=O)CCN1C(=O)[C@H]2CC=CC[C@H]2C1=O)Nc1ccc(F)c(F)c1. The number of carbonyl (C=O) groups excluding carboxylic acids is 4. The van der Waals surface area contributed by atoms with Crippen molar-refractivity contribution >= 4 is 29.4 Å². The first-order valence-corrected chi connectivity index (χ1v) is 8.77. The molecule has 2 atom stereocenters. The zero-order valence-corrected chi connectivity index (χ0v) is 14.8. The number of anilines is 1. The van der Waals surface area contributed by atoms with Crippen LogP contribution >= 0.6 is 0 Å². The van der Waals surface area contributed by atoms with Crippen LogP contribution in [0, 0.1) is 23.5 Å². The van der Waals surface area contributed by atoms with Gasteiger partial charge in [0, 0.05) is 18.3 Å². The summed E-state index contributed by atoms with van der Waals surface area (Å²) in [6.45, 7) is -0.733. The van der Waals surface area contributed by atoms with Gasteiger partial charge in [-0.15, -0.1) is 0 Å². The monoisotopic (exact) mass is 392 g/mol. The summed E-state index contributed by atoms with van der Waals surface area (Å²) < 4.78 is 30.7. The van der Waals surface area contributed by atoms with Crippen molar-refractivity contribution in [2.75, 3.05) is 18.5 Å². The Labute approximate surface area is 159 Å². The van der Waals surface area contributed by atoms with Gasteiger partial charge in [-0.1, -0.05) is 12.2 Å². The second-order valence-corrected chi connectivity index (χ2v) is 6.57. The molecule has 1 aliphatic carbocycles. The van der Waals surface area contributed by atoms with Crippen LogP contribution in [0.4, 0.5) is 14.5 Å². The minimum absolute atomic E-state index is 0.0180. The number of amides is 3. The number of allylic oxidation sites excluding steroid dienone is 2. The molecule has 1 aromatic carbocycles. The van der Waals surface area contributed by atoms with Crippen LogP contribution in [-0.4, -0.2) is 41.7 Å². The maximum Gasteiger partial charge on any atom is 0.308 e. The van der Waals surface area contributed by atoms with Crippen molar-refractivity contribution < 1.29 is 32.7 Å². The maximum atomic E-state index is 13.1. The van der Waals surface area contributed by atoms with E-state index < -0.39 is 30.1 Å². The molecule has 7 nitrogen and oxygen atoms in total. The minimum Gasteiger partial charge on any atom is -0.456 e. The van der Waals surface area contributed by atoms with E-state index in [1.165, 1.54) is 0 Å². The second kappa shape index (κ2) is 8.28. The number of nitrogens with zero attached hydrogens (tertiary/aromatic N) is 1. The van der Waals surface area contributed by atoms with E-state index in [0.717, 1.165) is 23.1 Å². The Kier molecular flexibility index (Phi) is 5.81. The second-order valence-electron chi connectivity index (χ2n) is 6.57. The van der Waals surface area contributed by atoms with Crippen LogP contribution in [0.2, 0.25) is 0 Å². The van der Waals surface area contributed by atoms with E-state index in [1.54, 1.807) is 0 Å². The lowest BCUT2D eigenvalue weighted by atomic mass is 9.85. The zero-order chi connectivity index (χ0) is 20.3. The molecule has 1 N–H and O–H groups in total. The van der Waals surface area contributed by atoms with Gasteiger partial charge in [-0.05, 0) is 25.0 Å². The van der Waals surface area contributed by atoms with Gasteiger partial charge in [0.05, 0.1) is 18.3 Å². The molecule has 1 fully saturated rings. The first-order chi connectivity index (χ1) is 13.4. The van der Waals surface area contributed by atoms with Gasteiger partial charge in [-0.2, -0.15) is 0 Å². The topological polar surface area (TPSA) is 92.8 Å². The molecule has 1 aromatic rings. The van der Waals surface area contributed by atoms with E-state index in [0.29, 0.717) is 12.8 Å². The Morgan fingerprint density at radius 3 is 2.32 bits per heavy atom. The molecule has 0 saturated carbocycles. The van der Waals surface area contributed by atoms with Gasteiger partial charge in [0.15, 0.2) is 18.2 Å². The van der Waals surface area contributed by atoms with Crippen LogP contribution in [0.3, 0.4) is 0 Å². The van der Waals surface area contributed by atoms with Crippen molar-refractivity contribution in [2.45, 2.75) is 19.3 Å². The summed E-state index contributed by atoms with van der Waals surface area (Å²) in [7, 11) is 0. The number of imide groups is 1. The fraction of sp³-hybridized carbons (Fsp3) is 0.368. The third-order valence-corrected chi connectivity index (χ3v) is 4.71. The summed E-state index contributed by atoms with van der Waals surface area (Å²) in [5, 5.41) is 2.26. The molecule has 9 heteroatoms. The summed E-state index contributed by atoms with van der Waals surface area (Å²) in [4.78, 5) is 49.2. The lowest BCUT2D eigenvalue weighted by Crippen LogP contribution is -2.33. The van der Waals surface area contributed by atoms with E-state index in [-0.39, 0.29) is 42.3 Å². The molecule has 0 aromatic heterocycles. The average molecular weight is 392 g/mol. The largest absolute Gasteiger partial charge is 0.456 e. The zero-order valence-electron chi connectivity index (χ0n) is 14.8. The van der Waals surface area contributed by atoms with E-state index in [1.807, 2.05) is 12.2 Å². The molecular weight excluding hydrogens is 374 g/mol. The van der Waals surface area contributed by atoms with Gasteiger partial charge in [0.1, 0.15) is 0 Å². The lowest BCUT2D eigenvalue weighted by Gasteiger charge is -2.14. The van der Waals surface area contributed by atoms with Gasteiger partial charge in [-0.25, -0.2) is 8.78 Å². The van der Waals surface area contributed by atoms with Crippen LogP contribution in [0.15, 0.2) is 30.4 Å². The number of likely N-dealkylation sites (tertiary alicyclic amines) is 1. The Morgan fingerprint density at radius 2 is 1.71 bits per heavy atom. The molecule has 2 aliphatic rings. The molecule has 3 rings (SSSR count). The minimum atomic E-state index is -1.12. The standard InChI is InChI=1S/C19H18F2N2O5/c20-14-6-5-11(9-15(14)21)22-16(24)10-28-17(25)7-8-23-18(26)12-3-1-2-4-13(12)19(23)27/h1-2,5-6,9,12-13H,3-4,7-8,10H2,(H,22,24)/t12-,13+. The molecule has 28 heavy (non-hydrogen) atoms. The molecule has 0 radical (unpaired) electrons. The molecule has 1 saturated heterocycles. The number of esters is 1. The van der Waals surface area contributed by atoms with Crippen LogP contribution in [0.25, 0.3) is 0 Å². The number of rotatable bonds is 6. The Balaban J connectivity index is 1.43. The summed E-state index contributed by atoms with van der Waals surface area (Å²) in [6, 6.07) is 2.82. The number of benzene rings is 1. The highest BCUT2D eigenvalue weighted by atomic mass is 19.2. The maximum absolute atomic E-state index is 13.1. The van der Waals surface area contributed by atoms with E-state index >= 15 is 0 Å². The van der Waals surface area contributed by atoms with E-state index in [4.69, 9.17) is 4.74 Å². The van der Waals surface area contributed by atoms with Gasteiger partial charge in [-0.3, -0.25) is 24.1 Å². The normalized spacial score (nSPS) is 20.9. The fourth-order valence-electron chi connectivity index (χ4n) is 3.28. The average Bonchev–Trinajstić information content (AvgIpc) is 2.92. The number of fused-ring (bicyclic) bond motifs is 1.